The van der Waals surface area contributed by atoms with Gasteiger partial charge in [0.15, 0.2) is 5.60 Å². The van der Waals surface area contributed by atoms with Crippen molar-refractivity contribution in [3.63, 3.8) is 0 Å². The first-order valence-electron chi connectivity index (χ1n) is 6.05. The highest BCUT2D eigenvalue weighted by Crippen LogP contribution is 2.27. The van der Waals surface area contributed by atoms with E-state index in [-0.39, 0.29) is 18.8 Å². The van der Waals surface area contributed by atoms with Gasteiger partial charge in [0.2, 0.25) is 0 Å². The topological polar surface area (TPSA) is 63.6 Å². The first kappa shape index (κ1) is 12.8. The summed E-state index contributed by atoms with van der Waals surface area (Å²) >= 11 is 0. The minimum atomic E-state index is -1.62. The number of esters is 1. The fourth-order valence-electron chi connectivity index (χ4n) is 2.11. The van der Waals surface area contributed by atoms with E-state index in [0.717, 1.165) is 5.56 Å². The largest absolute Gasteiger partial charge is 0.459 e. The van der Waals surface area contributed by atoms with Crippen molar-refractivity contribution in [1.29, 1.82) is 0 Å². The average Bonchev–Trinajstić information content (AvgIpc) is 2.37. The summed E-state index contributed by atoms with van der Waals surface area (Å²) in [4.78, 5) is 23.1. The lowest BCUT2D eigenvalue weighted by Gasteiger charge is -2.28. The third kappa shape index (κ3) is 2.96. The lowest BCUT2D eigenvalue weighted by molar-refractivity contribution is -0.172. The number of carbonyl (C=O) groups is 2. The molecule has 1 N–H and O–H groups in total. The number of benzene rings is 1. The monoisotopic (exact) mass is 248 g/mol. The van der Waals surface area contributed by atoms with Crippen LogP contribution in [0.15, 0.2) is 30.3 Å². The van der Waals surface area contributed by atoms with Gasteiger partial charge in [-0.2, -0.15) is 0 Å². The van der Waals surface area contributed by atoms with Crippen molar-refractivity contribution >= 4 is 11.8 Å². The van der Waals surface area contributed by atoms with Crippen LogP contribution in [0, 0.1) is 0 Å². The summed E-state index contributed by atoms with van der Waals surface area (Å²) in [6.45, 7) is 0.121. The maximum absolute atomic E-state index is 11.8. The molecule has 1 aromatic carbocycles. The third-order valence-electron chi connectivity index (χ3n) is 3.13. The molecule has 0 bridgehead atoms. The molecule has 96 valence electrons. The average molecular weight is 248 g/mol. The molecule has 0 spiro atoms. The molecule has 0 unspecified atom stereocenters. The van der Waals surface area contributed by atoms with E-state index in [4.69, 9.17) is 4.74 Å². The van der Waals surface area contributed by atoms with Gasteiger partial charge >= 0.3 is 5.97 Å². The van der Waals surface area contributed by atoms with Crippen molar-refractivity contribution in [1.82, 2.24) is 0 Å². The van der Waals surface area contributed by atoms with Gasteiger partial charge in [-0.15, -0.1) is 0 Å². The molecule has 0 amide bonds. The molecule has 0 radical (unpaired) electrons. The normalized spacial score (nSPS) is 23.7. The minimum Gasteiger partial charge on any atom is -0.459 e. The fraction of sp³-hybridized carbons (Fsp3) is 0.429. The van der Waals surface area contributed by atoms with Crippen LogP contribution in [0.2, 0.25) is 0 Å². The predicted octanol–water partition coefficient (Wildman–Crippen LogP) is 1.60. The van der Waals surface area contributed by atoms with Crippen molar-refractivity contribution < 1.29 is 19.4 Å². The minimum absolute atomic E-state index is 0.0830. The van der Waals surface area contributed by atoms with Gasteiger partial charge in [0, 0.05) is 12.8 Å². The lowest BCUT2D eigenvalue weighted by atomic mass is 9.84. The number of Topliss-reactive ketones (excluding diaryl/α,β-unsaturated/α-hetero) is 1. The molecular weight excluding hydrogens is 232 g/mol. The van der Waals surface area contributed by atoms with E-state index in [2.05, 4.69) is 0 Å². The van der Waals surface area contributed by atoms with Crippen LogP contribution in [0.4, 0.5) is 0 Å². The van der Waals surface area contributed by atoms with E-state index in [1.54, 1.807) is 0 Å². The Kier molecular flexibility index (Phi) is 3.77. The molecule has 18 heavy (non-hydrogen) atoms. The van der Waals surface area contributed by atoms with E-state index >= 15 is 0 Å². The van der Waals surface area contributed by atoms with Crippen LogP contribution in [0.3, 0.4) is 0 Å². The van der Waals surface area contributed by atoms with Gasteiger partial charge in [-0.25, -0.2) is 4.79 Å². The molecule has 0 aliphatic heterocycles. The van der Waals surface area contributed by atoms with Crippen molar-refractivity contribution in [3.8, 4) is 0 Å². The Morgan fingerprint density at radius 3 is 2.72 bits per heavy atom. The SMILES string of the molecule is O=C1CCC[C@](O)(C(=O)OCc2ccccc2)C1. The number of carbonyl (C=O) groups excluding carboxylic acids is 2. The Labute approximate surface area is 106 Å². The van der Waals surface area contributed by atoms with Crippen molar-refractivity contribution in [3.05, 3.63) is 35.9 Å². The van der Waals surface area contributed by atoms with Crippen LogP contribution >= 0.6 is 0 Å². The second kappa shape index (κ2) is 5.31. The highest BCUT2D eigenvalue weighted by Gasteiger charge is 2.41. The zero-order chi connectivity index (χ0) is 13.0. The molecule has 2 rings (SSSR count). The second-order valence-electron chi connectivity index (χ2n) is 4.66. The molecule has 1 atom stereocenters. The maximum Gasteiger partial charge on any atom is 0.338 e. The number of aliphatic hydroxyl groups is 1. The molecule has 0 saturated heterocycles. The van der Waals surface area contributed by atoms with E-state index in [9.17, 15) is 14.7 Å². The van der Waals surface area contributed by atoms with Crippen LogP contribution < -0.4 is 0 Å². The summed E-state index contributed by atoms with van der Waals surface area (Å²) in [5.41, 5.74) is -0.763. The van der Waals surface area contributed by atoms with Gasteiger partial charge in [0.05, 0.1) is 0 Å². The highest BCUT2D eigenvalue weighted by atomic mass is 16.5. The van der Waals surface area contributed by atoms with E-state index < -0.39 is 11.6 Å². The van der Waals surface area contributed by atoms with Crippen LogP contribution in [0.25, 0.3) is 0 Å². The Morgan fingerprint density at radius 2 is 2.06 bits per heavy atom. The standard InChI is InChI=1S/C14H16O4/c15-12-7-4-8-14(17,9-12)13(16)18-10-11-5-2-1-3-6-11/h1-3,5-6,17H,4,7-10H2/t14-/m1/s1. The van der Waals surface area contributed by atoms with E-state index in [1.165, 1.54) is 0 Å². The van der Waals surface area contributed by atoms with Gasteiger partial charge in [0.1, 0.15) is 12.4 Å². The summed E-state index contributed by atoms with van der Waals surface area (Å²) in [7, 11) is 0. The van der Waals surface area contributed by atoms with Gasteiger partial charge in [-0.1, -0.05) is 30.3 Å². The Morgan fingerprint density at radius 1 is 1.33 bits per heavy atom. The summed E-state index contributed by atoms with van der Waals surface area (Å²) in [6, 6.07) is 9.25. The van der Waals surface area contributed by atoms with Crippen LogP contribution in [0.5, 0.6) is 0 Å². The van der Waals surface area contributed by atoms with Gasteiger partial charge in [0.25, 0.3) is 0 Å². The quantitative estimate of drug-likeness (QED) is 0.825. The molecule has 1 saturated carbocycles. The fourth-order valence-corrected chi connectivity index (χ4v) is 2.11. The van der Waals surface area contributed by atoms with Gasteiger partial charge < -0.3 is 9.84 Å². The summed E-state index contributed by atoms with van der Waals surface area (Å²) < 4.78 is 5.08. The third-order valence-corrected chi connectivity index (χ3v) is 3.13. The van der Waals surface area contributed by atoms with E-state index in [1.807, 2.05) is 30.3 Å². The summed E-state index contributed by atoms with van der Waals surface area (Å²) in [5, 5.41) is 10.1. The molecule has 0 aromatic heterocycles. The summed E-state index contributed by atoms with van der Waals surface area (Å²) in [6.07, 6.45) is 1.15. The molecule has 4 nitrogen and oxygen atoms in total. The Balaban J connectivity index is 1.93. The number of ether oxygens (including phenoxy) is 1. The smallest absolute Gasteiger partial charge is 0.338 e. The van der Waals surface area contributed by atoms with Crippen LogP contribution in [0.1, 0.15) is 31.2 Å². The van der Waals surface area contributed by atoms with E-state index in [0.29, 0.717) is 19.3 Å². The zero-order valence-corrected chi connectivity index (χ0v) is 10.1. The highest BCUT2D eigenvalue weighted by molar-refractivity contribution is 5.90. The molecule has 0 heterocycles. The molecule has 1 aliphatic rings. The first-order valence-corrected chi connectivity index (χ1v) is 6.05. The van der Waals surface area contributed by atoms with Crippen molar-refractivity contribution in [2.75, 3.05) is 0 Å². The Hall–Kier alpha value is -1.68. The molecule has 4 heteroatoms. The number of rotatable bonds is 3. The Bertz CT molecular complexity index is 440. The lowest BCUT2D eigenvalue weighted by Crippen LogP contribution is -2.44. The molecule has 1 aromatic rings. The van der Waals surface area contributed by atoms with Crippen LogP contribution in [-0.2, 0) is 20.9 Å². The van der Waals surface area contributed by atoms with Gasteiger partial charge in [-0.05, 0) is 18.4 Å². The van der Waals surface area contributed by atoms with Crippen molar-refractivity contribution in [2.24, 2.45) is 0 Å². The number of hydrogen-bond acceptors (Lipinski definition) is 4. The predicted molar refractivity (Wildman–Crippen MR) is 64.7 cm³/mol. The number of ketones is 1. The molecular formula is C14H16O4. The molecule has 1 aliphatic carbocycles. The van der Waals surface area contributed by atoms with Crippen LogP contribution in [-0.4, -0.2) is 22.5 Å². The van der Waals surface area contributed by atoms with Crippen molar-refractivity contribution in [2.45, 2.75) is 37.9 Å². The molecule has 1 fully saturated rings. The second-order valence-corrected chi connectivity index (χ2v) is 4.66. The maximum atomic E-state index is 11.8. The first-order chi connectivity index (χ1) is 8.60. The zero-order valence-electron chi connectivity index (χ0n) is 10.1. The number of hydrogen-bond donors (Lipinski definition) is 1. The summed E-state index contributed by atoms with van der Waals surface area (Å²) in [5.74, 6) is -0.778. The van der Waals surface area contributed by atoms with Gasteiger partial charge in [-0.3, -0.25) is 4.79 Å².